The van der Waals surface area contributed by atoms with Crippen LogP contribution in [0.2, 0.25) is 0 Å². The van der Waals surface area contributed by atoms with Crippen molar-refractivity contribution in [2.24, 2.45) is 23.7 Å². The summed E-state index contributed by atoms with van der Waals surface area (Å²) in [5.41, 5.74) is -1.90. The van der Waals surface area contributed by atoms with E-state index in [1.807, 2.05) is 0 Å². The number of hydrogen-bond donors (Lipinski definition) is 0. The lowest BCUT2D eigenvalue weighted by molar-refractivity contribution is -0.212. The van der Waals surface area contributed by atoms with Gasteiger partial charge < -0.3 is 85.3 Å². The Morgan fingerprint density at radius 2 is 0.395 bits per heavy atom. The van der Waals surface area contributed by atoms with Crippen molar-refractivity contribution in [1.82, 2.24) is 0 Å². The van der Waals surface area contributed by atoms with E-state index in [1.165, 1.54) is 195 Å². The number of methoxy groups -OCH3 is 12. The highest BCUT2D eigenvalue weighted by Gasteiger charge is 2.41. The van der Waals surface area contributed by atoms with Crippen molar-refractivity contribution < 1.29 is 201 Å². The zero-order chi connectivity index (χ0) is 83.2. The first-order chi connectivity index (χ1) is 54.9. The van der Waals surface area contributed by atoms with Gasteiger partial charge in [-0.25, -0.2) is 87.4 Å². The molecule has 0 aliphatic heterocycles. The molecule has 614 valence electrons. The van der Waals surface area contributed by atoms with Crippen LogP contribution in [-0.2, 0) is 87.1 Å². The maximum atomic E-state index is 13.9. The van der Waals surface area contributed by atoms with E-state index in [2.05, 4.69) is 9.78 Å². The van der Waals surface area contributed by atoms with Crippen LogP contribution in [-0.4, -0.2) is 198 Å². The summed E-state index contributed by atoms with van der Waals surface area (Å²) in [6.07, 6.45) is -12.4. The van der Waals surface area contributed by atoms with Gasteiger partial charge in [0, 0.05) is 60.1 Å². The van der Waals surface area contributed by atoms with Gasteiger partial charge in [0.15, 0.2) is 0 Å². The Bertz CT molecular complexity index is 4050. The zero-order valence-electron chi connectivity index (χ0n) is 62.5. The van der Waals surface area contributed by atoms with E-state index in [4.69, 9.17) is 134 Å². The molecular formula is C72H74O42. The summed E-state index contributed by atoms with van der Waals surface area (Å²) < 4.78 is 95.0. The Labute approximate surface area is 645 Å². The first-order valence-electron chi connectivity index (χ1n) is 32.6. The maximum Gasteiger partial charge on any atom is 0.549 e. The summed E-state index contributed by atoms with van der Waals surface area (Å²) in [6, 6.07) is 22.7. The van der Waals surface area contributed by atoms with Gasteiger partial charge >= 0.3 is 72.7 Å². The maximum absolute atomic E-state index is 13.9. The van der Waals surface area contributed by atoms with Crippen LogP contribution in [0.15, 0.2) is 109 Å². The quantitative estimate of drug-likeness (QED) is 0.0154. The second-order valence-corrected chi connectivity index (χ2v) is 22.0. The highest BCUT2D eigenvalue weighted by molar-refractivity contribution is 5.96. The van der Waals surface area contributed by atoms with Crippen LogP contribution < -0.4 is 56.8 Å². The van der Waals surface area contributed by atoms with Crippen molar-refractivity contribution in [1.29, 1.82) is 0 Å². The Morgan fingerprint density at radius 3 is 0.570 bits per heavy atom. The molecule has 6 aromatic carbocycles. The summed E-state index contributed by atoms with van der Waals surface area (Å²) in [5, 5.41) is 0. The molecule has 0 heterocycles. The first-order valence-corrected chi connectivity index (χ1v) is 32.6. The highest BCUT2D eigenvalue weighted by atomic mass is 17.3. The van der Waals surface area contributed by atoms with Gasteiger partial charge in [0.2, 0.25) is 0 Å². The number of carbonyl (C=O) groups is 12. The monoisotopic (exact) mass is 1610 g/mol. The Morgan fingerprint density at radius 1 is 0.219 bits per heavy atom. The first kappa shape index (κ1) is 88.3. The summed E-state index contributed by atoms with van der Waals surface area (Å²) in [6.45, 7) is -6.58. The molecule has 0 aromatic heterocycles. The molecule has 0 fully saturated rings. The summed E-state index contributed by atoms with van der Waals surface area (Å²) in [4.78, 5) is 219. The van der Waals surface area contributed by atoms with Gasteiger partial charge in [-0.3, -0.25) is 0 Å². The van der Waals surface area contributed by atoms with Gasteiger partial charge in [0.05, 0.1) is 125 Å². The summed E-state index contributed by atoms with van der Waals surface area (Å²) >= 11 is 0. The van der Waals surface area contributed by atoms with Crippen LogP contribution in [0.4, 0.5) is 28.8 Å². The number of ether oxygens (including phenoxy) is 18. The average Bonchev–Trinajstić information content (AvgIpc) is 0.573. The minimum absolute atomic E-state index is 0.100. The number of benzene rings is 6. The Balaban J connectivity index is 1.45. The molecule has 0 spiro atoms. The van der Waals surface area contributed by atoms with Crippen LogP contribution in [0, 0.1) is 23.7 Å². The molecule has 6 aromatic rings. The molecule has 114 heavy (non-hydrogen) atoms. The molecule has 4 unspecified atom stereocenters. The average molecular weight is 1610 g/mol. The van der Waals surface area contributed by atoms with E-state index in [0.717, 1.165) is 0 Å². The SMILES string of the molecule is COc1ccc(C(=O)OOC(=O)OCCC(COC(=O)OOC(=O)c2ccc(OC)cc2OC)C(COC(=O)OOC(=O)c2ccc(OC)cc2OC)C(COC(=O)OOC(=O)c2ccc(OC)cc2OC)C(CCOC(=O)OOC(=O)c2ccc(OC)cc2OC)COC(=O)OOC(=O)c2ccc(OC)cc2OC)c(OC)c1. The van der Waals surface area contributed by atoms with E-state index in [0.29, 0.717) is 0 Å². The van der Waals surface area contributed by atoms with E-state index < -0.39 is 149 Å². The van der Waals surface area contributed by atoms with Crippen LogP contribution in [0.3, 0.4) is 0 Å². The second-order valence-electron chi connectivity index (χ2n) is 22.0. The van der Waals surface area contributed by atoms with Gasteiger partial charge in [0.25, 0.3) is 0 Å². The third kappa shape index (κ3) is 26.3. The minimum atomic E-state index is -1.88. The molecule has 0 bridgehead atoms. The van der Waals surface area contributed by atoms with Crippen molar-refractivity contribution in [3.63, 3.8) is 0 Å². The fourth-order valence-corrected chi connectivity index (χ4v) is 9.97. The molecule has 6 rings (SSSR count). The van der Waals surface area contributed by atoms with Crippen molar-refractivity contribution in [2.45, 2.75) is 12.8 Å². The molecule has 4 atom stereocenters. The van der Waals surface area contributed by atoms with E-state index >= 15 is 0 Å². The van der Waals surface area contributed by atoms with Gasteiger partial charge in [-0.15, -0.1) is 0 Å². The normalized spacial score (nSPS) is 11.4. The van der Waals surface area contributed by atoms with E-state index in [-0.39, 0.29) is 102 Å². The van der Waals surface area contributed by atoms with Crippen molar-refractivity contribution in [3.05, 3.63) is 143 Å². The number of carbonyl (C=O) groups excluding carboxylic acids is 12. The third-order valence-corrected chi connectivity index (χ3v) is 15.7. The molecule has 0 aliphatic rings. The fraction of sp³-hybridized carbons (Fsp3) is 0.333. The Kier molecular flexibility index (Phi) is 35.1. The highest BCUT2D eigenvalue weighted by Crippen LogP contribution is 2.37. The lowest BCUT2D eigenvalue weighted by Gasteiger charge is -2.36. The molecular weight excluding hydrogens is 1540 g/mol. The van der Waals surface area contributed by atoms with Crippen LogP contribution in [0.25, 0.3) is 0 Å². The van der Waals surface area contributed by atoms with Crippen molar-refractivity contribution >= 4 is 72.7 Å². The molecule has 0 saturated carbocycles. The number of hydrogen-bond acceptors (Lipinski definition) is 42. The standard InChI is InChI=1S/C72H74O42/c1-85-41-13-19-47(55(29-41)91-7)61(73)103-109-67(79)97-27-25-39(35-99-69(81)111-105-63(75)49-21-15-43(87-3)31-57(49)93-9)53(37-101-71(83)113-107-65(77)51-23-17-45(89-5)33-59(51)95-11)54(38-102-72(84)114-108-66(78)52-24-18-46(90-6)34-60(52)96-12)40(36-100-70(82)112-106-64(76)50-22-16-44(88-4)32-58(50)94-10)26-28-98-68(80)110-104-62(74)48-20-14-42(86-2)30-56(48)92-8/h13-24,29-34,39-40,53-54H,25-28,35-38H2,1-12H3. The lowest BCUT2D eigenvalue weighted by atomic mass is 9.74. The van der Waals surface area contributed by atoms with E-state index in [1.54, 1.807) is 0 Å². The molecule has 0 radical (unpaired) electrons. The smallest absolute Gasteiger partial charge is 0.497 e. The van der Waals surface area contributed by atoms with Crippen molar-refractivity contribution in [3.8, 4) is 69.0 Å². The third-order valence-electron chi connectivity index (χ3n) is 15.7. The summed E-state index contributed by atoms with van der Waals surface area (Å²) in [7, 11) is 15.1. The zero-order valence-corrected chi connectivity index (χ0v) is 62.5. The Hall–Kier alpha value is -14.6. The molecule has 42 nitrogen and oxygen atoms in total. The molecule has 0 aliphatic carbocycles. The van der Waals surface area contributed by atoms with E-state index in [9.17, 15) is 57.5 Å². The number of rotatable bonds is 35. The van der Waals surface area contributed by atoms with Crippen LogP contribution in [0.5, 0.6) is 69.0 Å². The molecule has 0 N–H and O–H groups in total. The molecule has 42 heteroatoms. The van der Waals surface area contributed by atoms with Gasteiger partial charge in [-0.2, -0.15) is 28.8 Å². The van der Waals surface area contributed by atoms with Gasteiger partial charge in [-0.05, 0) is 85.6 Å². The van der Waals surface area contributed by atoms with Gasteiger partial charge in [0.1, 0.15) is 102 Å². The second kappa shape index (κ2) is 45.4. The van der Waals surface area contributed by atoms with Crippen molar-refractivity contribution in [2.75, 3.05) is 125 Å². The van der Waals surface area contributed by atoms with Crippen LogP contribution in [0.1, 0.15) is 75.0 Å². The van der Waals surface area contributed by atoms with Crippen LogP contribution >= 0.6 is 0 Å². The fourth-order valence-electron chi connectivity index (χ4n) is 9.97. The molecule has 0 saturated heterocycles. The molecule has 0 amide bonds. The topological polar surface area (TPSA) is 482 Å². The van der Waals surface area contributed by atoms with Gasteiger partial charge in [-0.1, -0.05) is 0 Å². The largest absolute Gasteiger partial charge is 0.549 e. The predicted octanol–water partition coefficient (Wildman–Crippen LogP) is 9.89. The minimum Gasteiger partial charge on any atom is -0.497 e. The summed E-state index contributed by atoms with van der Waals surface area (Å²) in [5.74, 6) is -14.6. The lowest BCUT2D eigenvalue weighted by Crippen LogP contribution is -2.41. The predicted molar refractivity (Wildman–Crippen MR) is 368 cm³/mol.